The Kier molecular flexibility index (Phi) is 4.49. The highest BCUT2D eigenvalue weighted by molar-refractivity contribution is 6.33. The van der Waals surface area contributed by atoms with Crippen LogP contribution in [0.3, 0.4) is 0 Å². The molecule has 0 bridgehead atoms. The molecule has 1 fully saturated rings. The van der Waals surface area contributed by atoms with E-state index in [2.05, 4.69) is 5.32 Å². The molecule has 6 heteroatoms. The van der Waals surface area contributed by atoms with Gasteiger partial charge >= 0.3 is 0 Å². The normalized spacial score (nSPS) is 16.3. The number of benzene rings is 1. The lowest BCUT2D eigenvalue weighted by atomic mass is 10.1. The predicted octanol–water partition coefficient (Wildman–Crippen LogP) is 1.66. The number of likely N-dealkylation sites (tertiary alicyclic amines) is 1. The molecule has 1 aliphatic rings. The first kappa shape index (κ1) is 14.7. The fourth-order valence-electron chi connectivity index (χ4n) is 2.27. The van der Waals surface area contributed by atoms with Crippen LogP contribution >= 0.6 is 11.6 Å². The standard InChI is InChI=1S/C14H18ClN3O2/c1-9(8-18-6-2-3-13(18)19)17-14(20)10-4-5-11(15)12(16)7-10/h4-5,7,9H,2-3,6,8,16H2,1H3,(H,17,20). The van der Waals surface area contributed by atoms with Crippen molar-refractivity contribution in [2.45, 2.75) is 25.8 Å². The highest BCUT2D eigenvalue weighted by atomic mass is 35.5. The second-order valence-electron chi connectivity index (χ2n) is 5.05. The molecule has 1 unspecified atom stereocenters. The Morgan fingerprint density at radius 3 is 2.90 bits per heavy atom. The van der Waals surface area contributed by atoms with Gasteiger partial charge in [-0.3, -0.25) is 9.59 Å². The third-order valence-electron chi connectivity index (χ3n) is 3.30. The molecule has 3 N–H and O–H groups in total. The molecule has 108 valence electrons. The summed E-state index contributed by atoms with van der Waals surface area (Å²) in [6, 6.07) is 4.66. The van der Waals surface area contributed by atoms with E-state index in [1.807, 2.05) is 6.92 Å². The van der Waals surface area contributed by atoms with Crippen molar-refractivity contribution in [3.8, 4) is 0 Å². The van der Waals surface area contributed by atoms with E-state index in [9.17, 15) is 9.59 Å². The van der Waals surface area contributed by atoms with Gasteiger partial charge in [0.2, 0.25) is 5.91 Å². The van der Waals surface area contributed by atoms with Crippen molar-refractivity contribution in [2.75, 3.05) is 18.8 Å². The number of anilines is 1. The van der Waals surface area contributed by atoms with Crippen molar-refractivity contribution in [1.82, 2.24) is 10.2 Å². The van der Waals surface area contributed by atoms with Crippen LogP contribution in [0.25, 0.3) is 0 Å². The summed E-state index contributed by atoms with van der Waals surface area (Å²) in [5, 5.41) is 3.29. The van der Waals surface area contributed by atoms with Gasteiger partial charge in [-0.1, -0.05) is 11.6 Å². The van der Waals surface area contributed by atoms with Gasteiger partial charge in [-0.2, -0.15) is 0 Å². The fourth-order valence-corrected chi connectivity index (χ4v) is 2.38. The molecule has 1 aromatic rings. The predicted molar refractivity (Wildman–Crippen MR) is 78.6 cm³/mol. The Morgan fingerprint density at radius 1 is 1.55 bits per heavy atom. The van der Waals surface area contributed by atoms with Gasteiger partial charge in [-0.15, -0.1) is 0 Å². The molecular formula is C14H18ClN3O2. The minimum Gasteiger partial charge on any atom is -0.398 e. The number of hydrogen-bond acceptors (Lipinski definition) is 3. The third-order valence-corrected chi connectivity index (χ3v) is 3.65. The molecule has 1 heterocycles. The number of rotatable bonds is 4. The summed E-state index contributed by atoms with van der Waals surface area (Å²) in [4.78, 5) is 25.4. The molecule has 2 amide bonds. The average molecular weight is 296 g/mol. The lowest BCUT2D eigenvalue weighted by molar-refractivity contribution is -0.127. The van der Waals surface area contributed by atoms with E-state index in [4.69, 9.17) is 17.3 Å². The van der Waals surface area contributed by atoms with E-state index in [0.717, 1.165) is 13.0 Å². The Bertz CT molecular complexity index is 533. The van der Waals surface area contributed by atoms with Crippen LogP contribution < -0.4 is 11.1 Å². The molecule has 0 spiro atoms. The molecule has 0 radical (unpaired) electrons. The summed E-state index contributed by atoms with van der Waals surface area (Å²) in [5.74, 6) is -0.0608. The maximum Gasteiger partial charge on any atom is 0.251 e. The molecule has 0 saturated carbocycles. The molecular weight excluding hydrogens is 278 g/mol. The smallest absolute Gasteiger partial charge is 0.251 e. The van der Waals surface area contributed by atoms with Crippen molar-refractivity contribution in [1.29, 1.82) is 0 Å². The van der Waals surface area contributed by atoms with E-state index in [1.165, 1.54) is 0 Å². The van der Waals surface area contributed by atoms with Crippen molar-refractivity contribution in [3.05, 3.63) is 28.8 Å². The number of carbonyl (C=O) groups excluding carboxylic acids is 2. The Balaban J connectivity index is 1.93. The van der Waals surface area contributed by atoms with Gasteiger partial charge in [0.25, 0.3) is 5.91 Å². The number of nitrogens with zero attached hydrogens (tertiary/aromatic N) is 1. The number of carbonyl (C=O) groups is 2. The molecule has 0 aliphatic carbocycles. The summed E-state index contributed by atoms with van der Waals surface area (Å²) in [7, 11) is 0. The molecule has 1 atom stereocenters. The zero-order valence-corrected chi connectivity index (χ0v) is 12.1. The van der Waals surface area contributed by atoms with Gasteiger partial charge < -0.3 is 16.0 Å². The largest absolute Gasteiger partial charge is 0.398 e. The zero-order valence-electron chi connectivity index (χ0n) is 11.4. The first-order valence-electron chi connectivity index (χ1n) is 6.61. The van der Waals surface area contributed by atoms with Crippen molar-refractivity contribution < 1.29 is 9.59 Å². The molecule has 0 aromatic heterocycles. The van der Waals surface area contributed by atoms with E-state index in [0.29, 0.717) is 29.2 Å². The summed E-state index contributed by atoms with van der Waals surface area (Å²) in [5.41, 5.74) is 6.52. The minimum atomic E-state index is -0.215. The van der Waals surface area contributed by atoms with Gasteiger partial charge in [0.1, 0.15) is 0 Å². The van der Waals surface area contributed by atoms with Crippen molar-refractivity contribution in [3.63, 3.8) is 0 Å². The summed E-state index contributed by atoms with van der Waals surface area (Å²) in [6.07, 6.45) is 1.50. The van der Waals surface area contributed by atoms with E-state index in [1.54, 1.807) is 23.1 Å². The summed E-state index contributed by atoms with van der Waals surface area (Å²) < 4.78 is 0. The van der Waals surface area contributed by atoms with Crippen LogP contribution in [0, 0.1) is 0 Å². The van der Waals surface area contributed by atoms with Gasteiger partial charge in [-0.25, -0.2) is 0 Å². The van der Waals surface area contributed by atoms with Crippen LogP contribution in [-0.4, -0.2) is 35.8 Å². The first-order valence-corrected chi connectivity index (χ1v) is 6.99. The van der Waals surface area contributed by atoms with Crippen LogP contribution in [0.1, 0.15) is 30.1 Å². The third kappa shape index (κ3) is 3.42. The molecule has 1 saturated heterocycles. The number of amides is 2. The second kappa shape index (κ2) is 6.13. The van der Waals surface area contributed by atoms with E-state index < -0.39 is 0 Å². The van der Waals surface area contributed by atoms with Crippen molar-refractivity contribution in [2.24, 2.45) is 0 Å². The number of halogens is 1. The van der Waals surface area contributed by atoms with Crippen LogP contribution in [0.15, 0.2) is 18.2 Å². The van der Waals surface area contributed by atoms with Crippen LogP contribution in [0.5, 0.6) is 0 Å². The Hall–Kier alpha value is -1.75. The van der Waals surface area contributed by atoms with Gasteiger partial charge in [0.05, 0.1) is 10.7 Å². The molecule has 2 rings (SSSR count). The fraction of sp³-hybridized carbons (Fsp3) is 0.429. The summed E-state index contributed by atoms with van der Waals surface area (Å²) in [6.45, 7) is 3.18. The molecule has 1 aliphatic heterocycles. The highest BCUT2D eigenvalue weighted by Crippen LogP contribution is 2.19. The average Bonchev–Trinajstić information content (AvgIpc) is 2.78. The Labute approximate surface area is 123 Å². The van der Waals surface area contributed by atoms with Crippen LogP contribution in [0.2, 0.25) is 5.02 Å². The van der Waals surface area contributed by atoms with Gasteiger partial charge in [0.15, 0.2) is 0 Å². The van der Waals surface area contributed by atoms with E-state index >= 15 is 0 Å². The number of nitrogens with one attached hydrogen (secondary N) is 1. The maximum atomic E-state index is 12.1. The zero-order chi connectivity index (χ0) is 14.7. The van der Waals surface area contributed by atoms with Gasteiger partial charge in [0, 0.05) is 31.1 Å². The lowest BCUT2D eigenvalue weighted by Gasteiger charge is -2.21. The number of hydrogen-bond donors (Lipinski definition) is 2. The highest BCUT2D eigenvalue weighted by Gasteiger charge is 2.22. The van der Waals surface area contributed by atoms with Gasteiger partial charge in [-0.05, 0) is 31.5 Å². The lowest BCUT2D eigenvalue weighted by Crippen LogP contribution is -2.42. The van der Waals surface area contributed by atoms with E-state index in [-0.39, 0.29) is 17.9 Å². The van der Waals surface area contributed by atoms with Crippen LogP contribution in [0.4, 0.5) is 5.69 Å². The molecule has 5 nitrogen and oxygen atoms in total. The second-order valence-corrected chi connectivity index (χ2v) is 5.46. The van der Waals surface area contributed by atoms with Crippen molar-refractivity contribution >= 4 is 29.1 Å². The SMILES string of the molecule is CC(CN1CCCC1=O)NC(=O)c1ccc(Cl)c(N)c1. The monoisotopic (exact) mass is 295 g/mol. The summed E-state index contributed by atoms with van der Waals surface area (Å²) >= 11 is 5.82. The maximum absolute atomic E-state index is 12.1. The topological polar surface area (TPSA) is 75.4 Å². The van der Waals surface area contributed by atoms with Crippen LogP contribution in [-0.2, 0) is 4.79 Å². The Morgan fingerprint density at radius 2 is 2.30 bits per heavy atom. The molecule has 1 aromatic carbocycles. The number of nitrogen functional groups attached to an aromatic ring is 1. The molecule has 20 heavy (non-hydrogen) atoms. The minimum absolute atomic E-state index is 0.110. The number of nitrogens with two attached hydrogens (primary N) is 1. The first-order chi connectivity index (χ1) is 9.47. The quantitative estimate of drug-likeness (QED) is 0.830.